The first-order chi connectivity index (χ1) is 8.43. The van der Waals surface area contributed by atoms with Gasteiger partial charge in [-0.1, -0.05) is 70.1 Å². The van der Waals surface area contributed by atoms with Gasteiger partial charge in [0.05, 0.1) is 6.61 Å². The second kappa shape index (κ2) is 10.2. The van der Waals surface area contributed by atoms with E-state index in [2.05, 4.69) is 13.0 Å². The van der Waals surface area contributed by atoms with Crippen LogP contribution in [0.3, 0.4) is 0 Å². The summed E-state index contributed by atoms with van der Waals surface area (Å²) in [6, 6.07) is 10.9. The van der Waals surface area contributed by atoms with E-state index in [1.165, 1.54) is 44.9 Å². The molecule has 0 spiro atoms. The van der Waals surface area contributed by atoms with Crippen LogP contribution in [0.4, 0.5) is 0 Å². The molecule has 0 atom stereocenters. The summed E-state index contributed by atoms with van der Waals surface area (Å²) in [6.45, 7) is 3.09. The van der Waals surface area contributed by atoms with E-state index in [0.717, 1.165) is 18.8 Å². The van der Waals surface area contributed by atoms with Gasteiger partial charge < -0.3 is 4.74 Å². The Balaban J connectivity index is 1.85. The Kier molecular flexibility index (Phi) is 8.44. The molecule has 17 heavy (non-hydrogen) atoms. The van der Waals surface area contributed by atoms with E-state index in [9.17, 15) is 0 Å². The number of benzene rings is 1. The molecule has 1 aromatic carbocycles. The molecule has 0 saturated carbocycles. The van der Waals surface area contributed by atoms with Crippen LogP contribution in [-0.2, 0) is 0 Å². The smallest absolute Gasteiger partial charge is 0.127 e. The molecule has 0 aliphatic carbocycles. The Bertz CT molecular complexity index is 255. The minimum Gasteiger partial charge on any atom is -0.493 e. The van der Waals surface area contributed by atoms with Crippen molar-refractivity contribution in [1.82, 2.24) is 0 Å². The lowest BCUT2D eigenvalue weighted by Crippen LogP contribution is -1.97. The third-order valence-electron chi connectivity index (χ3n) is 2.94. The van der Waals surface area contributed by atoms with E-state index in [4.69, 9.17) is 4.74 Å². The van der Waals surface area contributed by atoms with Gasteiger partial charge in [-0.25, -0.2) is 0 Å². The van der Waals surface area contributed by atoms with Crippen molar-refractivity contribution in [3.05, 3.63) is 30.3 Å². The minimum atomic E-state index is 0.829. The van der Waals surface area contributed by atoms with Crippen LogP contribution in [0.5, 0.6) is 5.75 Å². The lowest BCUT2D eigenvalue weighted by atomic mass is 10.1. The van der Waals surface area contributed by atoms with E-state index in [1.54, 1.807) is 0 Å². The molecule has 0 aliphatic heterocycles. The lowest BCUT2D eigenvalue weighted by molar-refractivity contribution is 0.303. The first-order valence-corrected chi connectivity index (χ1v) is 7.03. The fraction of sp³-hybridized carbons (Fsp3) is 0.625. The van der Waals surface area contributed by atoms with E-state index >= 15 is 0 Å². The van der Waals surface area contributed by atoms with Crippen molar-refractivity contribution in [2.24, 2.45) is 0 Å². The summed E-state index contributed by atoms with van der Waals surface area (Å²) >= 11 is 0. The summed E-state index contributed by atoms with van der Waals surface area (Å²) in [4.78, 5) is 0. The topological polar surface area (TPSA) is 9.23 Å². The Morgan fingerprint density at radius 3 is 2.29 bits per heavy atom. The summed E-state index contributed by atoms with van der Waals surface area (Å²) < 4.78 is 5.60. The van der Waals surface area contributed by atoms with Gasteiger partial charge in [-0.2, -0.15) is 0 Å². The highest BCUT2D eigenvalue weighted by atomic mass is 16.5. The molecule has 0 N–H and O–H groups in total. The van der Waals surface area contributed by atoms with Crippen molar-refractivity contribution in [3.63, 3.8) is 0 Å². The molecule has 0 heterocycles. The van der Waals surface area contributed by atoms with Gasteiger partial charge in [-0.15, -0.1) is 0 Å². The number of ether oxygens (including phenoxy) is 1. The second-order valence-electron chi connectivity index (χ2n) is 4.55. The quantitative estimate of drug-likeness (QED) is 0.516. The van der Waals surface area contributed by atoms with E-state index < -0.39 is 0 Å². The molecule has 0 amide bonds. The second-order valence-corrected chi connectivity index (χ2v) is 4.55. The molecule has 1 heteroatoms. The first-order valence-electron chi connectivity index (χ1n) is 7.03. The molecular weight excluding hydrogens is 208 g/mol. The zero-order chi connectivity index (χ0) is 12.2. The molecule has 0 aromatic heterocycles. The van der Waals surface area contributed by atoms with E-state index in [1.807, 2.05) is 24.3 Å². The van der Waals surface area contributed by atoms with Gasteiger partial charge in [0.2, 0.25) is 0 Å². The van der Waals surface area contributed by atoms with Crippen LogP contribution in [0, 0.1) is 6.07 Å². The van der Waals surface area contributed by atoms with Gasteiger partial charge in [0, 0.05) is 6.07 Å². The van der Waals surface area contributed by atoms with Gasteiger partial charge in [0.15, 0.2) is 0 Å². The number of para-hydroxylation sites is 1. The molecule has 1 aromatic rings. The maximum Gasteiger partial charge on any atom is 0.127 e. The van der Waals surface area contributed by atoms with Crippen molar-refractivity contribution in [1.29, 1.82) is 0 Å². The number of rotatable bonds is 10. The molecule has 1 rings (SSSR count). The van der Waals surface area contributed by atoms with E-state index in [-0.39, 0.29) is 0 Å². The molecule has 0 bridgehead atoms. The van der Waals surface area contributed by atoms with Crippen molar-refractivity contribution < 1.29 is 4.74 Å². The largest absolute Gasteiger partial charge is 0.493 e. The third kappa shape index (κ3) is 7.84. The van der Waals surface area contributed by atoms with Crippen molar-refractivity contribution >= 4 is 0 Å². The van der Waals surface area contributed by atoms with Crippen LogP contribution < -0.4 is 4.74 Å². The van der Waals surface area contributed by atoms with Crippen LogP contribution >= 0.6 is 0 Å². The van der Waals surface area contributed by atoms with Crippen LogP contribution in [-0.4, -0.2) is 6.61 Å². The Morgan fingerprint density at radius 2 is 1.65 bits per heavy atom. The average molecular weight is 233 g/mol. The van der Waals surface area contributed by atoms with Gasteiger partial charge in [-0.3, -0.25) is 0 Å². The average Bonchev–Trinajstić information content (AvgIpc) is 2.38. The van der Waals surface area contributed by atoms with E-state index in [0.29, 0.717) is 0 Å². The molecule has 1 nitrogen and oxygen atoms in total. The van der Waals surface area contributed by atoms with Crippen molar-refractivity contribution in [3.8, 4) is 5.75 Å². The molecule has 1 radical (unpaired) electrons. The Hall–Kier alpha value is -0.980. The van der Waals surface area contributed by atoms with Crippen LogP contribution in [0.25, 0.3) is 0 Å². The maximum atomic E-state index is 5.60. The summed E-state index contributed by atoms with van der Waals surface area (Å²) in [5, 5.41) is 0. The minimum absolute atomic E-state index is 0.829. The molecule has 0 unspecified atom stereocenters. The van der Waals surface area contributed by atoms with Gasteiger partial charge in [0.1, 0.15) is 5.75 Å². The van der Waals surface area contributed by atoms with Gasteiger partial charge >= 0.3 is 0 Å². The zero-order valence-electron chi connectivity index (χ0n) is 11.1. The van der Waals surface area contributed by atoms with Gasteiger partial charge in [-0.05, 0) is 12.5 Å². The van der Waals surface area contributed by atoms with Crippen LogP contribution in [0.15, 0.2) is 24.3 Å². The third-order valence-corrected chi connectivity index (χ3v) is 2.94. The number of hydrogen-bond acceptors (Lipinski definition) is 1. The molecule has 95 valence electrons. The van der Waals surface area contributed by atoms with Gasteiger partial charge in [0.25, 0.3) is 0 Å². The number of unbranched alkanes of at least 4 members (excludes halogenated alkanes) is 7. The molecule has 0 aliphatic rings. The molecular formula is C16H25O. The van der Waals surface area contributed by atoms with Crippen molar-refractivity contribution in [2.75, 3.05) is 6.61 Å². The summed E-state index contributed by atoms with van der Waals surface area (Å²) in [6.07, 6.45) is 10.7. The first kappa shape index (κ1) is 14.1. The summed E-state index contributed by atoms with van der Waals surface area (Å²) in [7, 11) is 0. The fourth-order valence-electron chi connectivity index (χ4n) is 1.88. The number of hydrogen-bond donors (Lipinski definition) is 0. The Morgan fingerprint density at radius 1 is 0.941 bits per heavy atom. The predicted octanol–water partition coefficient (Wildman–Crippen LogP) is 5.01. The summed E-state index contributed by atoms with van der Waals surface area (Å²) in [5.41, 5.74) is 0. The monoisotopic (exact) mass is 233 g/mol. The van der Waals surface area contributed by atoms with Crippen LogP contribution in [0.2, 0.25) is 0 Å². The Labute approximate surface area is 106 Å². The maximum absolute atomic E-state index is 5.60. The molecule has 0 saturated heterocycles. The highest BCUT2D eigenvalue weighted by Gasteiger charge is 1.93. The van der Waals surface area contributed by atoms with Crippen molar-refractivity contribution in [2.45, 2.75) is 58.3 Å². The highest BCUT2D eigenvalue weighted by Crippen LogP contribution is 2.10. The van der Waals surface area contributed by atoms with Crippen LogP contribution in [0.1, 0.15) is 58.3 Å². The normalized spacial score (nSPS) is 10.4. The predicted molar refractivity (Wildman–Crippen MR) is 73.4 cm³/mol. The standard InChI is InChI=1S/C16H25O/c1-2-3-4-5-6-7-8-12-15-17-16-13-10-9-11-14-16/h9-11,13H,2-8,12,15H2,1H3. The fourth-order valence-corrected chi connectivity index (χ4v) is 1.88. The summed E-state index contributed by atoms with van der Waals surface area (Å²) in [5.74, 6) is 0.871. The molecule has 0 fully saturated rings. The SMILES string of the molecule is CCCCCCCCCCOc1[c]cccc1. The zero-order valence-corrected chi connectivity index (χ0v) is 11.1. The highest BCUT2D eigenvalue weighted by molar-refractivity contribution is 5.19. The lowest BCUT2D eigenvalue weighted by Gasteiger charge is -2.05.